The number of imide groups is 1. The van der Waals surface area contributed by atoms with Gasteiger partial charge in [-0.3, -0.25) is 14.9 Å². The van der Waals surface area contributed by atoms with Gasteiger partial charge >= 0.3 is 0 Å². The van der Waals surface area contributed by atoms with Gasteiger partial charge < -0.3 is 8.83 Å². The fourth-order valence-electron chi connectivity index (χ4n) is 3.24. The Bertz CT molecular complexity index is 1160. The number of aromatic nitrogens is 1. The van der Waals surface area contributed by atoms with Crippen LogP contribution in [0.5, 0.6) is 0 Å². The Labute approximate surface area is 157 Å². The van der Waals surface area contributed by atoms with E-state index in [4.69, 9.17) is 8.83 Å². The summed E-state index contributed by atoms with van der Waals surface area (Å²) in [5.74, 6) is 1.13. The number of carbonyl (C=O) groups is 2. The molecule has 0 radical (unpaired) electrons. The number of oxazole rings is 1. The topological polar surface area (TPSA) is 85.3 Å². The van der Waals surface area contributed by atoms with Gasteiger partial charge in [0, 0.05) is 5.39 Å². The van der Waals surface area contributed by atoms with E-state index in [-0.39, 0.29) is 11.1 Å². The first-order valence-electron chi connectivity index (χ1n) is 8.51. The third-order valence-electron chi connectivity index (χ3n) is 4.49. The molecule has 1 atom stereocenters. The third kappa shape index (κ3) is 3.10. The van der Waals surface area contributed by atoms with E-state index in [9.17, 15) is 9.59 Å². The van der Waals surface area contributed by atoms with Crippen molar-refractivity contribution in [3.8, 4) is 0 Å². The lowest BCUT2D eigenvalue weighted by atomic mass is 10.1. The fourth-order valence-corrected chi connectivity index (χ4v) is 4.10. The molecule has 0 spiro atoms. The van der Waals surface area contributed by atoms with Gasteiger partial charge in [0.1, 0.15) is 16.9 Å². The minimum absolute atomic E-state index is 0.240. The molecule has 2 aromatic carbocycles. The summed E-state index contributed by atoms with van der Waals surface area (Å²) in [6.45, 7) is 0. The van der Waals surface area contributed by atoms with Crippen molar-refractivity contribution in [3.05, 3.63) is 65.7 Å². The van der Waals surface area contributed by atoms with Crippen molar-refractivity contribution in [2.24, 2.45) is 0 Å². The van der Waals surface area contributed by atoms with E-state index in [1.54, 1.807) is 0 Å². The van der Waals surface area contributed by atoms with Gasteiger partial charge in [0.05, 0.1) is 11.7 Å². The maximum atomic E-state index is 11.7. The number of hydrogen-bond acceptors (Lipinski definition) is 6. The van der Waals surface area contributed by atoms with E-state index in [1.807, 2.05) is 48.5 Å². The highest BCUT2D eigenvalue weighted by Crippen LogP contribution is 2.26. The molecule has 4 aromatic rings. The van der Waals surface area contributed by atoms with E-state index in [1.165, 1.54) is 0 Å². The Morgan fingerprint density at radius 1 is 1.04 bits per heavy atom. The Hall–Kier alpha value is -3.06. The number of furan rings is 1. The van der Waals surface area contributed by atoms with Crippen LogP contribution >= 0.6 is 11.8 Å². The molecule has 1 fully saturated rings. The Morgan fingerprint density at radius 2 is 1.93 bits per heavy atom. The number of benzene rings is 2. The van der Waals surface area contributed by atoms with Gasteiger partial charge in [-0.25, -0.2) is 4.98 Å². The van der Waals surface area contributed by atoms with Crippen molar-refractivity contribution in [3.63, 3.8) is 0 Å². The zero-order chi connectivity index (χ0) is 18.4. The molecule has 2 aromatic heterocycles. The molecular weight excluding hydrogens is 364 g/mol. The molecule has 3 heterocycles. The van der Waals surface area contributed by atoms with E-state index in [0.717, 1.165) is 39.6 Å². The van der Waals surface area contributed by atoms with Gasteiger partial charge in [0.15, 0.2) is 5.58 Å². The maximum absolute atomic E-state index is 11.7. The van der Waals surface area contributed by atoms with Crippen LogP contribution in [0, 0.1) is 0 Å². The largest absolute Gasteiger partial charge is 0.461 e. The van der Waals surface area contributed by atoms with Crippen molar-refractivity contribution in [1.29, 1.82) is 0 Å². The van der Waals surface area contributed by atoms with Crippen LogP contribution in [0.15, 0.2) is 57.4 Å². The van der Waals surface area contributed by atoms with Crippen molar-refractivity contribution in [2.45, 2.75) is 18.1 Å². The lowest BCUT2D eigenvalue weighted by molar-refractivity contribution is -0.118. The van der Waals surface area contributed by atoms with Gasteiger partial charge in [0.25, 0.3) is 5.24 Å². The molecule has 5 rings (SSSR count). The summed E-state index contributed by atoms with van der Waals surface area (Å²) in [4.78, 5) is 27.6. The third-order valence-corrected chi connectivity index (χ3v) is 5.47. The summed E-state index contributed by atoms with van der Waals surface area (Å²) < 4.78 is 11.6. The first-order chi connectivity index (χ1) is 13.1. The van der Waals surface area contributed by atoms with Crippen LogP contribution in [0.25, 0.3) is 22.1 Å². The zero-order valence-corrected chi connectivity index (χ0v) is 14.9. The molecule has 2 amide bonds. The van der Waals surface area contributed by atoms with E-state index < -0.39 is 5.25 Å². The summed E-state index contributed by atoms with van der Waals surface area (Å²) in [6, 6.07) is 15.5. The van der Waals surface area contributed by atoms with Crippen LogP contribution in [-0.4, -0.2) is 21.4 Å². The average Bonchev–Trinajstić information content (AvgIpc) is 3.31. The van der Waals surface area contributed by atoms with Crippen LogP contribution in [0.3, 0.4) is 0 Å². The molecule has 134 valence electrons. The van der Waals surface area contributed by atoms with Gasteiger partial charge in [-0.2, -0.15) is 0 Å². The summed E-state index contributed by atoms with van der Waals surface area (Å²) in [5, 5.41) is 2.67. The normalized spacial score (nSPS) is 17.1. The van der Waals surface area contributed by atoms with Crippen LogP contribution in [0.4, 0.5) is 4.79 Å². The lowest BCUT2D eigenvalue weighted by Crippen LogP contribution is -2.25. The highest BCUT2D eigenvalue weighted by atomic mass is 32.2. The van der Waals surface area contributed by atoms with Crippen molar-refractivity contribution < 1.29 is 18.4 Å². The van der Waals surface area contributed by atoms with Gasteiger partial charge in [-0.1, -0.05) is 36.0 Å². The Morgan fingerprint density at radius 3 is 2.74 bits per heavy atom. The molecular formula is C20H14N2O4S. The number of amides is 2. The second-order valence-electron chi connectivity index (χ2n) is 6.42. The van der Waals surface area contributed by atoms with Crippen molar-refractivity contribution >= 4 is 45.0 Å². The van der Waals surface area contributed by atoms with Crippen LogP contribution in [0.1, 0.15) is 17.2 Å². The smallest absolute Gasteiger partial charge is 0.286 e. The fraction of sp³-hybridized carbons (Fsp3) is 0.150. The number of rotatable bonds is 4. The predicted molar refractivity (Wildman–Crippen MR) is 102 cm³/mol. The molecule has 1 N–H and O–H groups in total. The predicted octanol–water partition coefficient (Wildman–Crippen LogP) is 4.06. The van der Waals surface area contributed by atoms with Crippen molar-refractivity contribution in [1.82, 2.24) is 10.3 Å². The molecule has 7 heteroatoms. The molecule has 0 aliphatic carbocycles. The number of fused-ring (bicyclic) bond motifs is 2. The van der Waals surface area contributed by atoms with Crippen LogP contribution in [-0.2, 0) is 17.6 Å². The zero-order valence-electron chi connectivity index (χ0n) is 14.1. The molecule has 27 heavy (non-hydrogen) atoms. The first-order valence-corrected chi connectivity index (χ1v) is 9.39. The number of para-hydroxylation sites is 1. The number of carbonyl (C=O) groups excluding carboxylic acids is 2. The Balaban J connectivity index is 1.38. The average molecular weight is 378 g/mol. The minimum atomic E-state index is -0.392. The first kappa shape index (κ1) is 16.1. The number of nitrogens with one attached hydrogen (secondary N) is 1. The summed E-state index contributed by atoms with van der Waals surface area (Å²) in [5.41, 5.74) is 3.19. The quantitative estimate of drug-likeness (QED) is 0.576. The maximum Gasteiger partial charge on any atom is 0.286 e. The standard InChI is InChI=1S/C20H14N2O4S/c23-19-17(27-20(24)22-19)8-11-5-6-16-14(7-11)21-18(26-16)10-13-9-12-3-1-2-4-15(12)25-13/h1-7,9,17H,8,10H2,(H,22,23,24). The minimum Gasteiger partial charge on any atom is -0.461 e. The second kappa shape index (κ2) is 6.28. The van der Waals surface area contributed by atoms with E-state index >= 15 is 0 Å². The van der Waals surface area contributed by atoms with Crippen LogP contribution < -0.4 is 5.32 Å². The second-order valence-corrected chi connectivity index (χ2v) is 7.60. The number of hydrogen-bond donors (Lipinski definition) is 1. The highest BCUT2D eigenvalue weighted by Gasteiger charge is 2.31. The number of nitrogens with zero attached hydrogens (tertiary/aromatic N) is 1. The van der Waals surface area contributed by atoms with E-state index in [0.29, 0.717) is 24.3 Å². The van der Waals surface area contributed by atoms with E-state index in [2.05, 4.69) is 10.3 Å². The lowest BCUT2D eigenvalue weighted by Gasteiger charge is -2.04. The molecule has 0 saturated carbocycles. The van der Waals surface area contributed by atoms with Gasteiger partial charge in [0.2, 0.25) is 11.8 Å². The summed E-state index contributed by atoms with van der Waals surface area (Å²) in [6.07, 6.45) is 0.942. The monoisotopic (exact) mass is 378 g/mol. The SMILES string of the molecule is O=C1NC(=O)C(Cc2ccc3oc(Cc4cc5ccccc5o4)nc3c2)S1. The summed E-state index contributed by atoms with van der Waals surface area (Å²) in [7, 11) is 0. The van der Waals surface area contributed by atoms with Gasteiger partial charge in [-0.05, 0) is 36.2 Å². The number of thioether (sulfide) groups is 1. The molecule has 0 bridgehead atoms. The molecule has 6 nitrogen and oxygen atoms in total. The summed E-state index contributed by atoms with van der Waals surface area (Å²) >= 11 is 1.03. The van der Waals surface area contributed by atoms with Gasteiger partial charge in [-0.15, -0.1) is 0 Å². The highest BCUT2D eigenvalue weighted by molar-refractivity contribution is 8.15. The van der Waals surface area contributed by atoms with Crippen molar-refractivity contribution in [2.75, 3.05) is 0 Å². The Kier molecular flexibility index (Phi) is 3.75. The van der Waals surface area contributed by atoms with Crippen LogP contribution in [0.2, 0.25) is 0 Å². The molecule has 1 unspecified atom stereocenters. The molecule has 1 aliphatic heterocycles. The molecule has 1 saturated heterocycles. The molecule has 1 aliphatic rings.